The van der Waals surface area contributed by atoms with Crippen LogP contribution in [-0.2, 0) is 6.61 Å². The van der Waals surface area contributed by atoms with Gasteiger partial charge in [0.15, 0.2) is 0 Å². The van der Waals surface area contributed by atoms with E-state index in [0.717, 1.165) is 12.4 Å². The Morgan fingerprint density at radius 3 is 2.69 bits per heavy atom. The summed E-state index contributed by atoms with van der Waals surface area (Å²) in [5.41, 5.74) is -0.450. The summed E-state index contributed by atoms with van der Waals surface area (Å²) in [6.07, 6.45) is -0.614. The van der Waals surface area contributed by atoms with Gasteiger partial charge >= 0.3 is 0 Å². The van der Waals surface area contributed by atoms with Crippen molar-refractivity contribution in [1.29, 1.82) is 5.26 Å². The molecule has 0 aliphatic carbocycles. The maximum Gasteiger partial charge on any atom is 0.265 e. The van der Waals surface area contributed by atoms with Crippen LogP contribution in [-0.4, -0.2) is 10.1 Å². The van der Waals surface area contributed by atoms with Crippen molar-refractivity contribution in [2.75, 3.05) is 0 Å². The Labute approximate surface area is 73.3 Å². The highest BCUT2D eigenvalue weighted by atomic mass is 19.3. The Hall–Kier alpha value is -1.54. The lowest BCUT2D eigenvalue weighted by Gasteiger charge is -2.06. The summed E-state index contributed by atoms with van der Waals surface area (Å²) in [6, 6.07) is 1.69. The fourth-order valence-electron chi connectivity index (χ4n) is 0.964. The van der Waals surface area contributed by atoms with Crippen LogP contribution in [0.2, 0.25) is 0 Å². The molecule has 0 saturated heterocycles. The molecule has 13 heavy (non-hydrogen) atoms. The molecule has 1 aromatic rings. The lowest BCUT2D eigenvalue weighted by Crippen LogP contribution is -1.99. The zero-order valence-corrected chi connectivity index (χ0v) is 6.54. The van der Waals surface area contributed by atoms with Crippen molar-refractivity contribution in [3.8, 4) is 6.07 Å². The predicted octanol–water partition coefficient (Wildman–Crippen LogP) is 1.38. The van der Waals surface area contributed by atoms with Crippen LogP contribution in [0.3, 0.4) is 0 Å². The summed E-state index contributed by atoms with van der Waals surface area (Å²) in [6.45, 7) is -0.578. The van der Waals surface area contributed by atoms with Crippen molar-refractivity contribution in [3.05, 3.63) is 29.1 Å². The Morgan fingerprint density at radius 2 is 2.23 bits per heavy atom. The Balaban J connectivity index is 3.29. The van der Waals surface area contributed by atoms with Crippen molar-refractivity contribution in [3.63, 3.8) is 0 Å². The van der Waals surface area contributed by atoms with Crippen LogP contribution in [0.15, 0.2) is 12.4 Å². The van der Waals surface area contributed by atoms with Gasteiger partial charge in [0.25, 0.3) is 6.43 Å². The number of aromatic nitrogens is 1. The molecule has 0 saturated carbocycles. The summed E-state index contributed by atoms with van der Waals surface area (Å²) in [5.74, 6) is 0. The van der Waals surface area contributed by atoms with Gasteiger partial charge in [-0.25, -0.2) is 8.78 Å². The molecule has 1 rings (SSSR count). The number of aliphatic hydroxyl groups excluding tert-OH is 1. The number of nitrogens with zero attached hydrogens (tertiary/aromatic N) is 2. The van der Waals surface area contributed by atoms with Crippen molar-refractivity contribution in [1.82, 2.24) is 4.98 Å². The third-order valence-electron chi connectivity index (χ3n) is 1.60. The number of nitriles is 1. The van der Waals surface area contributed by atoms with Gasteiger partial charge in [-0.15, -0.1) is 0 Å². The van der Waals surface area contributed by atoms with Gasteiger partial charge in [-0.05, 0) is 0 Å². The number of halogens is 2. The van der Waals surface area contributed by atoms with E-state index < -0.39 is 13.0 Å². The van der Waals surface area contributed by atoms with Gasteiger partial charge in [0, 0.05) is 23.5 Å². The van der Waals surface area contributed by atoms with Gasteiger partial charge in [-0.2, -0.15) is 5.26 Å². The number of pyridine rings is 1. The smallest absolute Gasteiger partial charge is 0.265 e. The topological polar surface area (TPSA) is 56.9 Å². The SMILES string of the molecule is N#Cc1cncc(C(F)F)c1CO. The average molecular weight is 184 g/mol. The van der Waals surface area contributed by atoms with Gasteiger partial charge in [0.1, 0.15) is 6.07 Å². The van der Waals surface area contributed by atoms with E-state index in [9.17, 15) is 8.78 Å². The van der Waals surface area contributed by atoms with E-state index in [1.807, 2.05) is 0 Å². The summed E-state index contributed by atoms with van der Waals surface area (Å²) >= 11 is 0. The second kappa shape index (κ2) is 3.92. The molecular formula is C8H6F2N2O. The third kappa shape index (κ3) is 1.79. The molecular weight excluding hydrogens is 178 g/mol. The molecule has 68 valence electrons. The minimum absolute atomic E-state index is 0.0136. The monoisotopic (exact) mass is 184 g/mol. The van der Waals surface area contributed by atoms with Gasteiger partial charge in [0.2, 0.25) is 0 Å². The molecule has 0 fully saturated rings. The highest BCUT2D eigenvalue weighted by molar-refractivity contribution is 5.40. The number of aliphatic hydroxyl groups is 1. The fourth-order valence-corrected chi connectivity index (χ4v) is 0.964. The molecule has 0 radical (unpaired) electrons. The van der Waals surface area contributed by atoms with E-state index in [-0.39, 0.29) is 16.7 Å². The third-order valence-corrected chi connectivity index (χ3v) is 1.60. The van der Waals surface area contributed by atoms with Crippen LogP contribution in [0.1, 0.15) is 23.1 Å². The molecule has 0 atom stereocenters. The molecule has 0 aromatic carbocycles. The quantitative estimate of drug-likeness (QED) is 0.755. The van der Waals surface area contributed by atoms with Crippen LogP contribution in [0.4, 0.5) is 8.78 Å². The summed E-state index contributed by atoms with van der Waals surface area (Å²) in [5, 5.41) is 17.3. The minimum atomic E-state index is -2.72. The van der Waals surface area contributed by atoms with Crippen molar-refractivity contribution in [2.24, 2.45) is 0 Å². The van der Waals surface area contributed by atoms with Crippen molar-refractivity contribution in [2.45, 2.75) is 13.0 Å². The van der Waals surface area contributed by atoms with Gasteiger partial charge in [0.05, 0.1) is 12.2 Å². The average Bonchev–Trinajstić information content (AvgIpc) is 2.16. The number of rotatable bonds is 2. The standard InChI is InChI=1S/C8H6F2N2O/c9-8(10)6-3-12-2-5(1-11)7(6)4-13/h2-3,8,13H,4H2. The van der Waals surface area contributed by atoms with E-state index in [0.29, 0.717) is 0 Å². The Morgan fingerprint density at radius 1 is 1.54 bits per heavy atom. The van der Waals surface area contributed by atoms with Gasteiger partial charge in [-0.1, -0.05) is 0 Å². The van der Waals surface area contributed by atoms with Crippen LogP contribution >= 0.6 is 0 Å². The van der Waals surface area contributed by atoms with E-state index in [1.54, 1.807) is 6.07 Å². The first-order valence-electron chi connectivity index (χ1n) is 3.46. The molecule has 0 spiro atoms. The zero-order chi connectivity index (χ0) is 9.84. The molecule has 3 nitrogen and oxygen atoms in total. The summed E-state index contributed by atoms with van der Waals surface area (Å²) in [7, 11) is 0. The van der Waals surface area contributed by atoms with Crippen LogP contribution in [0, 0.1) is 11.3 Å². The molecule has 1 heterocycles. The van der Waals surface area contributed by atoms with Crippen molar-refractivity contribution >= 4 is 0 Å². The molecule has 0 bridgehead atoms. The van der Waals surface area contributed by atoms with Crippen LogP contribution < -0.4 is 0 Å². The normalized spacial score (nSPS) is 10.1. The molecule has 0 unspecified atom stereocenters. The Bertz CT molecular complexity index is 346. The number of alkyl halides is 2. The van der Waals surface area contributed by atoms with E-state index in [4.69, 9.17) is 10.4 Å². The molecule has 5 heteroatoms. The summed E-state index contributed by atoms with van der Waals surface area (Å²) in [4.78, 5) is 3.47. The molecule has 1 aromatic heterocycles. The van der Waals surface area contributed by atoms with Crippen LogP contribution in [0.5, 0.6) is 0 Å². The highest BCUT2D eigenvalue weighted by Gasteiger charge is 2.15. The number of hydrogen-bond acceptors (Lipinski definition) is 3. The second-order valence-electron chi connectivity index (χ2n) is 2.33. The van der Waals surface area contributed by atoms with Gasteiger partial charge < -0.3 is 5.11 Å². The van der Waals surface area contributed by atoms with Crippen molar-refractivity contribution < 1.29 is 13.9 Å². The summed E-state index contributed by atoms with van der Waals surface area (Å²) < 4.78 is 24.5. The maximum absolute atomic E-state index is 12.3. The first kappa shape index (κ1) is 9.55. The van der Waals surface area contributed by atoms with E-state index in [1.165, 1.54) is 0 Å². The lowest BCUT2D eigenvalue weighted by molar-refractivity contribution is 0.146. The second-order valence-corrected chi connectivity index (χ2v) is 2.33. The minimum Gasteiger partial charge on any atom is -0.392 e. The maximum atomic E-state index is 12.3. The highest BCUT2D eigenvalue weighted by Crippen LogP contribution is 2.23. The molecule has 0 amide bonds. The first-order valence-corrected chi connectivity index (χ1v) is 3.46. The van der Waals surface area contributed by atoms with Gasteiger partial charge in [-0.3, -0.25) is 4.98 Å². The largest absolute Gasteiger partial charge is 0.392 e. The lowest BCUT2D eigenvalue weighted by atomic mass is 10.1. The first-order chi connectivity index (χ1) is 6.20. The number of hydrogen-bond donors (Lipinski definition) is 1. The molecule has 0 aliphatic heterocycles. The van der Waals surface area contributed by atoms with Crippen LogP contribution in [0.25, 0.3) is 0 Å². The fraction of sp³-hybridized carbons (Fsp3) is 0.250. The van der Waals surface area contributed by atoms with E-state index in [2.05, 4.69) is 4.98 Å². The molecule has 0 aliphatic rings. The zero-order valence-electron chi connectivity index (χ0n) is 6.54. The predicted molar refractivity (Wildman–Crippen MR) is 39.8 cm³/mol. The van der Waals surface area contributed by atoms with E-state index >= 15 is 0 Å². The molecule has 1 N–H and O–H groups in total. The Kier molecular flexibility index (Phi) is 2.88.